The molecule has 0 amide bonds. The number of esters is 1. The number of ether oxygens (including phenoxy) is 1. The molecule has 4 heteroatoms. The summed E-state index contributed by atoms with van der Waals surface area (Å²) in [5.41, 5.74) is 0. The summed E-state index contributed by atoms with van der Waals surface area (Å²) < 4.78 is 4.84. The van der Waals surface area contributed by atoms with E-state index in [-0.39, 0.29) is 17.8 Å². The number of aliphatic hydroxyl groups is 2. The zero-order chi connectivity index (χ0) is 8.72. The molecule has 4 nitrogen and oxygen atoms in total. The van der Waals surface area contributed by atoms with Crippen LogP contribution in [0, 0.1) is 11.8 Å². The Morgan fingerprint density at radius 1 is 1.25 bits per heavy atom. The van der Waals surface area contributed by atoms with Gasteiger partial charge in [-0.25, -0.2) is 0 Å². The van der Waals surface area contributed by atoms with Crippen LogP contribution in [0.5, 0.6) is 0 Å². The molecule has 0 radical (unpaired) electrons. The van der Waals surface area contributed by atoms with Gasteiger partial charge in [-0.1, -0.05) is 0 Å². The molecular weight excluding hydrogens is 160 g/mol. The van der Waals surface area contributed by atoms with Gasteiger partial charge in [0.2, 0.25) is 0 Å². The minimum atomic E-state index is -0.753. The molecule has 2 rings (SSSR count). The number of hydrogen-bond donors (Lipinski definition) is 2. The first-order valence-electron chi connectivity index (χ1n) is 4.21. The van der Waals surface area contributed by atoms with E-state index in [0.29, 0.717) is 19.4 Å². The molecule has 1 heterocycles. The van der Waals surface area contributed by atoms with Crippen LogP contribution in [0.3, 0.4) is 0 Å². The highest BCUT2D eigenvalue weighted by Crippen LogP contribution is 2.35. The van der Waals surface area contributed by atoms with E-state index in [0.717, 1.165) is 0 Å². The van der Waals surface area contributed by atoms with E-state index in [1.165, 1.54) is 0 Å². The van der Waals surface area contributed by atoms with E-state index in [2.05, 4.69) is 0 Å². The molecule has 1 saturated heterocycles. The first-order chi connectivity index (χ1) is 5.68. The van der Waals surface area contributed by atoms with Crippen LogP contribution in [0.4, 0.5) is 0 Å². The number of fused-ring (bicyclic) bond motifs is 1. The van der Waals surface area contributed by atoms with Crippen LogP contribution in [0.1, 0.15) is 12.8 Å². The van der Waals surface area contributed by atoms with Crippen molar-refractivity contribution in [2.45, 2.75) is 25.0 Å². The normalized spacial score (nSPS) is 47.0. The van der Waals surface area contributed by atoms with Gasteiger partial charge in [0.05, 0.1) is 24.7 Å². The molecule has 1 aliphatic heterocycles. The Morgan fingerprint density at radius 2 is 1.92 bits per heavy atom. The Bertz CT molecular complexity index is 203. The third-order valence-electron chi connectivity index (χ3n) is 2.80. The van der Waals surface area contributed by atoms with E-state index in [1.54, 1.807) is 0 Å². The lowest BCUT2D eigenvalue weighted by Gasteiger charge is -2.29. The van der Waals surface area contributed by atoms with Crippen LogP contribution >= 0.6 is 0 Å². The third kappa shape index (κ3) is 1.11. The van der Waals surface area contributed by atoms with Gasteiger partial charge in [-0.2, -0.15) is 0 Å². The predicted molar refractivity (Wildman–Crippen MR) is 39.2 cm³/mol. The van der Waals surface area contributed by atoms with Gasteiger partial charge in [-0.3, -0.25) is 4.79 Å². The van der Waals surface area contributed by atoms with Crippen molar-refractivity contribution in [1.29, 1.82) is 0 Å². The number of rotatable bonds is 0. The molecule has 12 heavy (non-hydrogen) atoms. The zero-order valence-electron chi connectivity index (χ0n) is 6.64. The molecule has 1 aliphatic carbocycles. The highest BCUT2D eigenvalue weighted by atomic mass is 16.5. The van der Waals surface area contributed by atoms with Crippen molar-refractivity contribution >= 4 is 5.97 Å². The Hall–Kier alpha value is -0.610. The lowest BCUT2D eigenvalue weighted by molar-refractivity contribution is -0.143. The maximum absolute atomic E-state index is 11.0. The monoisotopic (exact) mass is 172 g/mol. The lowest BCUT2D eigenvalue weighted by atomic mass is 9.78. The molecule has 1 saturated carbocycles. The maximum Gasteiger partial charge on any atom is 0.309 e. The summed E-state index contributed by atoms with van der Waals surface area (Å²) in [7, 11) is 0. The smallest absolute Gasteiger partial charge is 0.309 e. The van der Waals surface area contributed by atoms with Gasteiger partial charge in [0.25, 0.3) is 0 Å². The van der Waals surface area contributed by atoms with Crippen LogP contribution < -0.4 is 0 Å². The van der Waals surface area contributed by atoms with Gasteiger partial charge < -0.3 is 14.9 Å². The van der Waals surface area contributed by atoms with Gasteiger partial charge in [-0.05, 0) is 12.8 Å². The summed E-state index contributed by atoms with van der Waals surface area (Å²) in [6.45, 7) is 0.410. The maximum atomic E-state index is 11.0. The van der Waals surface area contributed by atoms with Gasteiger partial charge in [0.1, 0.15) is 0 Å². The quantitative estimate of drug-likeness (QED) is 0.474. The van der Waals surface area contributed by atoms with Crippen molar-refractivity contribution in [3.63, 3.8) is 0 Å². The van der Waals surface area contributed by atoms with E-state index >= 15 is 0 Å². The molecule has 68 valence electrons. The highest BCUT2D eigenvalue weighted by molar-refractivity contribution is 5.75. The average Bonchev–Trinajstić information content (AvgIpc) is 2.35. The number of aliphatic hydroxyl groups excluding tert-OH is 2. The molecule has 0 bridgehead atoms. The van der Waals surface area contributed by atoms with Gasteiger partial charge >= 0.3 is 5.97 Å². The number of carbonyl (C=O) groups is 1. The summed E-state index contributed by atoms with van der Waals surface area (Å²) in [4.78, 5) is 11.0. The average molecular weight is 172 g/mol. The predicted octanol–water partition coefficient (Wildman–Crippen LogP) is -0.709. The van der Waals surface area contributed by atoms with Gasteiger partial charge in [0.15, 0.2) is 0 Å². The first kappa shape index (κ1) is 8.01. The molecule has 2 N–H and O–H groups in total. The Balaban J connectivity index is 2.09. The topological polar surface area (TPSA) is 66.8 Å². The number of carbonyl (C=O) groups excluding carboxylic acids is 1. The molecule has 2 aliphatic rings. The van der Waals surface area contributed by atoms with E-state index in [4.69, 9.17) is 4.74 Å². The molecule has 0 aromatic carbocycles. The van der Waals surface area contributed by atoms with E-state index in [9.17, 15) is 15.0 Å². The fraction of sp³-hybridized carbons (Fsp3) is 0.875. The summed E-state index contributed by atoms with van der Waals surface area (Å²) in [5.74, 6) is -0.273. The fourth-order valence-electron chi connectivity index (χ4n) is 2.01. The Morgan fingerprint density at radius 3 is 2.67 bits per heavy atom. The van der Waals surface area contributed by atoms with Crippen LogP contribution in [-0.4, -0.2) is 35.0 Å². The van der Waals surface area contributed by atoms with Crippen molar-refractivity contribution < 1.29 is 19.7 Å². The zero-order valence-corrected chi connectivity index (χ0v) is 6.64. The van der Waals surface area contributed by atoms with Crippen LogP contribution in [0.15, 0.2) is 0 Å². The van der Waals surface area contributed by atoms with Crippen molar-refractivity contribution in [1.82, 2.24) is 0 Å². The van der Waals surface area contributed by atoms with Crippen molar-refractivity contribution in [2.75, 3.05) is 6.61 Å². The third-order valence-corrected chi connectivity index (χ3v) is 2.80. The van der Waals surface area contributed by atoms with Crippen molar-refractivity contribution in [3.05, 3.63) is 0 Å². The molecular formula is C8H12O4. The number of hydrogen-bond acceptors (Lipinski definition) is 4. The summed E-state index contributed by atoms with van der Waals surface area (Å²) >= 11 is 0. The second-order valence-electron chi connectivity index (χ2n) is 3.60. The largest absolute Gasteiger partial charge is 0.465 e. The van der Waals surface area contributed by atoms with Crippen molar-refractivity contribution in [3.8, 4) is 0 Å². The second kappa shape index (κ2) is 2.71. The van der Waals surface area contributed by atoms with E-state index < -0.39 is 12.2 Å². The minimum Gasteiger partial charge on any atom is -0.465 e. The number of cyclic esters (lactones) is 1. The van der Waals surface area contributed by atoms with Crippen LogP contribution in [0.2, 0.25) is 0 Å². The molecule has 0 spiro atoms. The SMILES string of the molecule is O=C1OC[C@@H]2C[C@@H](O)[C@@H](O)C[C@H]12. The highest BCUT2D eigenvalue weighted by Gasteiger charge is 2.44. The first-order valence-corrected chi connectivity index (χ1v) is 4.21. The fourth-order valence-corrected chi connectivity index (χ4v) is 2.01. The molecule has 0 aromatic heterocycles. The molecule has 0 unspecified atom stereocenters. The second-order valence-corrected chi connectivity index (χ2v) is 3.60. The summed E-state index contributed by atoms with van der Waals surface area (Å²) in [6.07, 6.45) is -0.597. The summed E-state index contributed by atoms with van der Waals surface area (Å²) in [6, 6.07) is 0. The van der Waals surface area contributed by atoms with Crippen LogP contribution in [-0.2, 0) is 9.53 Å². The molecule has 4 atom stereocenters. The minimum absolute atomic E-state index is 0.121. The van der Waals surface area contributed by atoms with Gasteiger partial charge in [-0.15, -0.1) is 0 Å². The Labute approximate surface area is 70.1 Å². The van der Waals surface area contributed by atoms with E-state index in [1.807, 2.05) is 0 Å². The molecule has 2 fully saturated rings. The van der Waals surface area contributed by atoms with Crippen molar-refractivity contribution in [2.24, 2.45) is 11.8 Å². The Kier molecular flexibility index (Phi) is 1.81. The standard InChI is InChI=1S/C8H12O4/c9-6-1-4-3-12-8(11)5(4)2-7(6)10/h4-7,9-10H,1-3H2/t4-,5-,6+,7-/m0/s1. The van der Waals surface area contributed by atoms with Gasteiger partial charge in [0, 0.05) is 5.92 Å². The van der Waals surface area contributed by atoms with Crippen LogP contribution in [0.25, 0.3) is 0 Å². The molecule has 0 aromatic rings. The lowest BCUT2D eigenvalue weighted by Crippen LogP contribution is -2.39. The summed E-state index contributed by atoms with van der Waals surface area (Å²) in [5, 5.41) is 18.6.